The third kappa shape index (κ3) is 3.52. The number of nitrogens with zero attached hydrogens (tertiary/aromatic N) is 1. The molecule has 0 fully saturated rings. The molecule has 6 heteroatoms. The number of anilines is 3. The van der Waals surface area contributed by atoms with E-state index in [0.717, 1.165) is 5.69 Å². The summed E-state index contributed by atoms with van der Waals surface area (Å²) in [5, 5.41) is 2.65. The van der Waals surface area contributed by atoms with Crippen molar-refractivity contribution < 1.29 is 9.18 Å². The van der Waals surface area contributed by atoms with Crippen molar-refractivity contribution in [3.8, 4) is 0 Å². The minimum Gasteiger partial charge on any atom is -0.397 e. The van der Waals surface area contributed by atoms with Gasteiger partial charge in [0.15, 0.2) is 0 Å². The molecule has 0 aliphatic heterocycles. The lowest BCUT2D eigenvalue weighted by atomic mass is 10.1. The van der Waals surface area contributed by atoms with E-state index in [1.165, 1.54) is 18.2 Å². The molecular formula is C15H15BrFN3O. The third-order valence-electron chi connectivity index (χ3n) is 2.95. The fourth-order valence-electron chi connectivity index (χ4n) is 1.89. The second-order valence-electron chi connectivity index (χ2n) is 4.75. The Kier molecular flexibility index (Phi) is 4.47. The number of nitrogens with one attached hydrogen (secondary N) is 1. The van der Waals surface area contributed by atoms with Crippen molar-refractivity contribution in [3.63, 3.8) is 0 Å². The van der Waals surface area contributed by atoms with E-state index < -0.39 is 5.82 Å². The minimum absolute atomic E-state index is 0.349. The molecule has 2 rings (SSSR count). The summed E-state index contributed by atoms with van der Waals surface area (Å²) in [7, 11) is 3.74. The van der Waals surface area contributed by atoms with Gasteiger partial charge in [0.1, 0.15) is 5.82 Å². The summed E-state index contributed by atoms with van der Waals surface area (Å²) in [6.45, 7) is 0. The van der Waals surface area contributed by atoms with Gasteiger partial charge in [0, 0.05) is 24.1 Å². The first-order valence-electron chi connectivity index (χ1n) is 6.21. The third-order valence-corrected chi connectivity index (χ3v) is 3.64. The van der Waals surface area contributed by atoms with Crippen LogP contribution in [0.1, 0.15) is 10.4 Å². The molecule has 2 aromatic carbocycles. The molecule has 0 heterocycles. The monoisotopic (exact) mass is 351 g/mol. The van der Waals surface area contributed by atoms with Gasteiger partial charge < -0.3 is 16.0 Å². The summed E-state index contributed by atoms with van der Waals surface area (Å²) in [6, 6.07) is 9.13. The maximum absolute atomic E-state index is 13.2. The lowest BCUT2D eigenvalue weighted by molar-refractivity contribution is 0.102. The highest BCUT2D eigenvalue weighted by Gasteiger charge is 2.11. The van der Waals surface area contributed by atoms with Crippen LogP contribution in [0.15, 0.2) is 40.9 Å². The molecule has 0 radical (unpaired) electrons. The molecule has 2 aromatic rings. The highest BCUT2D eigenvalue weighted by atomic mass is 79.9. The zero-order valence-electron chi connectivity index (χ0n) is 11.7. The number of benzene rings is 2. The van der Waals surface area contributed by atoms with Crippen LogP contribution in [-0.2, 0) is 0 Å². The minimum atomic E-state index is -0.420. The summed E-state index contributed by atoms with van der Waals surface area (Å²) >= 11 is 3.26. The SMILES string of the molecule is CN(C)c1ccc(C(=O)Nc2cc(F)ccc2Br)cc1N. The van der Waals surface area contributed by atoms with Gasteiger partial charge in [-0.1, -0.05) is 0 Å². The van der Waals surface area contributed by atoms with E-state index in [9.17, 15) is 9.18 Å². The summed E-state index contributed by atoms with van der Waals surface area (Å²) < 4.78 is 13.8. The largest absolute Gasteiger partial charge is 0.397 e. The molecule has 4 nitrogen and oxygen atoms in total. The van der Waals surface area contributed by atoms with E-state index in [1.807, 2.05) is 19.0 Å². The Bertz CT molecular complexity index is 689. The number of nitrogen functional groups attached to an aromatic ring is 1. The second-order valence-corrected chi connectivity index (χ2v) is 5.60. The summed E-state index contributed by atoms with van der Waals surface area (Å²) in [5.74, 6) is -0.769. The first-order chi connectivity index (χ1) is 9.88. The van der Waals surface area contributed by atoms with Crippen LogP contribution >= 0.6 is 15.9 Å². The number of carbonyl (C=O) groups is 1. The Morgan fingerprint density at radius 2 is 1.95 bits per heavy atom. The van der Waals surface area contributed by atoms with Crippen LogP contribution in [0, 0.1) is 5.82 Å². The highest BCUT2D eigenvalue weighted by molar-refractivity contribution is 9.10. The van der Waals surface area contributed by atoms with Crippen molar-refractivity contribution in [2.75, 3.05) is 30.0 Å². The Labute approximate surface area is 130 Å². The van der Waals surface area contributed by atoms with Crippen LogP contribution < -0.4 is 16.0 Å². The number of amides is 1. The average molecular weight is 352 g/mol. The smallest absolute Gasteiger partial charge is 0.255 e. The summed E-state index contributed by atoms with van der Waals surface area (Å²) in [6.07, 6.45) is 0. The van der Waals surface area contributed by atoms with Crippen LogP contribution in [0.2, 0.25) is 0 Å². The van der Waals surface area contributed by atoms with Gasteiger partial charge in [-0.2, -0.15) is 0 Å². The number of hydrogen-bond acceptors (Lipinski definition) is 3. The highest BCUT2D eigenvalue weighted by Crippen LogP contribution is 2.25. The number of rotatable bonds is 3. The lowest BCUT2D eigenvalue weighted by Gasteiger charge is -2.16. The van der Waals surface area contributed by atoms with Crippen molar-refractivity contribution >= 4 is 38.9 Å². The fourth-order valence-corrected chi connectivity index (χ4v) is 2.24. The molecule has 0 saturated carbocycles. The molecular weight excluding hydrogens is 337 g/mol. The molecule has 0 aliphatic carbocycles. The van der Waals surface area contributed by atoms with Gasteiger partial charge in [0.05, 0.1) is 17.1 Å². The maximum atomic E-state index is 13.2. The molecule has 21 heavy (non-hydrogen) atoms. The van der Waals surface area contributed by atoms with Crippen molar-refractivity contribution in [2.24, 2.45) is 0 Å². The first kappa shape index (κ1) is 15.3. The predicted molar refractivity (Wildman–Crippen MR) is 87.2 cm³/mol. The number of nitrogens with two attached hydrogens (primary N) is 1. The van der Waals surface area contributed by atoms with Crippen molar-refractivity contribution in [2.45, 2.75) is 0 Å². The van der Waals surface area contributed by atoms with E-state index in [1.54, 1.807) is 18.2 Å². The van der Waals surface area contributed by atoms with E-state index >= 15 is 0 Å². The second kappa shape index (κ2) is 6.13. The molecule has 0 atom stereocenters. The Morgan fingerprint density at radius 1 is 1.24 bits per heavy atom. The molecule has 0 aliphatic rings. The molecule has 0 aromatic heterocycles. The van der Waals surface area contributed by atoms with E-state index in [4.69, 9.17) is 5.73 Å². The first-order valence-corrected chi connectivity index (χ1v) is 7.01. The quantitative estimate of drug-likeness (QED) is 0.832. The van der Waals surface area contributed by atoms with E-state index in [-0.39, 0.29) is 5.91 Å². The standard InChI is InChI=1S/C15H15BrFN3O/c1-20(2)14-6-3-9(7-12(14)18)15(21)19-13-8-10(17)4-5-11(13)16/h3-8H,18H2,1-2H3,(H,19,21). The Hall–Kier alpha value is -2.08. The molecule has 110 valence electrons. The van der Waals surface area contributed by atoms with Gasteiger partial charge in [-0.15, -0.1) is 0 Å². The van der Waals surface area contributed by atoms with Gasteiger partial charge in [-0.3, -0.25) is 4.79 Å². The van der Waals surface area contributed by atoms with Gasteiger partial charge in [-0.05, 0) is 52.3 Å². The van der Waals surface area contributed by atoms with Crippen LogP contribution in [0.3, 0.4) is 0 Å². The Balaban J connectivity index is 2.24. The predicted octanol–water partition coefficient (Wildman–Crippen LogP) is 3.49. The topological polar surface area (TPSA) is 58.4 Å². The summed E-state index contributed by atoms with van der Waals surface area (Å²) in [4.78, 5) is 14.0. The molecule has 0 unspecified atom stereocenters. The van der Waals surface area contributed by atoms with Gasteiger partial charge in [-0.25, -0.2) is 4.39 Å². The van der Waals surface area contributed by atoms with Crippen molar-refractivity contribution in [1.82, 2.24) is 0 Å². The van der Waals surface area contributed by atoms with Crippen molar-refractivity contribution in [1.29, 1.82) is 0 Å². The Morgan fingerprint density at radius 3 is 2.57 bits per heavy atom. The maximum Gasteiger partial charge on any atom is 0.255 e. The molecule has 1 amide bonds. The average Bonchev–Trinajstić information content (AvgIpc) is 2.42. The number of carbonyl (C=O) groups excluding carboxylic acids is 1. The normalized spacial score (nSPS) is 10.3. The summed E-state index contributed by atoms with van der Waals surface area (Å²) in [5.41, 5.74) is 8.04. The molecule has 0 bridgehead atoms. The molecule has 0 saturated heterocycles. The van der Waals surface area contributed by atoms with Crippen LogP contribution in [-0.4, -0.2) is 20.0 Å². The van der Waals surface area contributed by atoms with Crippen LogP contribution in [0.4, 0.5) is 21.5 Å². The zero-order valence-corrected chi connectivity index (χ0v) is 13.2. The van der Waals surface area contributed by atoms with Gasteiger partial charge in [0.2, 0.25) is 0 Å². The van der Waals surface area contributed by atoms with Gasteiger partial charge >= 0.3 is 0 Å². The number of hydrogen-bond donors (Lipinski definition) is 2. The van der Waals surface area contributed by atoms with E-state index in [0.29, 0.717) is 21.4 Å². The number of halogens is 2. The lowest BCUT2D eigenvalue weighted by Crippen LogP contribution is -2.15. The fraction of sp³-hybridized carbons (Fsp3) is 0.133. The molecule has 0 spiro atoms. The molecule has 3 N–H and O–H groups in total. The van der Waals surface area contributed by atoms with Crippen LogP contribution in [0.25, 0.3) is 0 Å². The van der Waals surface area contributed by atoms with E-state index in [2.05, 4.69) is 21.2 Å². The van der Waals surface area contributed by atoms with Crippen LogP contribution in [0.5, 0.6) is 0 Å². The van der Waals surface area contributed by atoms with Crippen molar-refractivity contribution in [3.05, 3.63) is 52.3 Å². The van der Waals surface area contributed by atoms with Gasteiger partial charge in [0.25, 0.3) is 5.91 Å². The zero-order chi connectivity index (χ0) is 15.6.